The Bertz CT molecular complexity index is 1120. The molecule has 0 spiro atoms. The molecular weight excluding hydrogens is 454 g/mol. The Balaban J connectivity index is 1.34. The van der Waals surface area contributed by atoms with Gasteiger partial charge in [-0.2, -0.15) is 0 Å². The largest absolute Gasteiger partial charge is 0.465 e. The van der Waals surface area contributed by atoms with Gasteiger partial charge in [-0.3, -0.25) is 0 Å². The van der Waals surface area contributed by atoms with Gasteiger partial charge in [-0.1, -0.05) is 59.2 Å². The second kappa shape index (κ2) is 8.20. The van der Waals surface area contributed by atoms with Gasteiger partial charge in [-0.15, -0.1) is 0 Å². The van der Waals surface area contributed by atoms with E-state index in [-0.39, 0.29) is 16.9 Å². The van der Waals surface area contributed by atoms with Crippen LogP contribution in [0.2, 0.25) is 0 Å². The Hall–Kier alpha value is -1.61. The van der Waals surface area contributed by atoms with Crippen molar-refractivity contribution in [2.45, 2.75) is 104 Å². The van der Waals surface area contributed by atoms with Crippen LogP contribution in [0.3, 0.4) is 0 Å². The van der Waals surface area contributed by atoms with Crippen LogP contribution in [0.25, 0.3) is 5.57 Å². The van der Waals surface area contributed by atoms with Crippen LogP contribution in [0, 0.1) is 45.3 Å². The Kier molecular flexibility index (Phi) is 5.68. The first-order chi connectivity index (χ1) is 17.4. The van der Waals surface area contributed by atoms with E-state index in [2.05, 4.69) is 52.8 Å². The zero-order chi connectivity index (χ0) is 26.4. The van der Waals surface area contributed by atoms with Gasteiger partial charge in [0.2, 0.25) is 0 Å². The maximum atomic E-state index is 12.0. The Morgan fingerprint density at radius 2 is 1.57 bits per heavy atom. The van der Waals surface area contributed by atoms with Crippen LogP contribution in [-0.4, -0.2) is 18.6 Å². The van der Waals surface area contributed by atoms with Crippen molar-refractivity contribution in [3.8, 4) is 0 Å². The topological polar surface area (TPSA) is 52.3 Å². The summed E-state index contributed by atoms with van der Waals surface area (Å²) in [5.74, 6) is 2.73. The molecule has 0 aromatic heterocycles. The van der Waals surface area contributed by atoms with Crippen molar-refractivity contribution in [2.24, 2.45) is 51.1 Å². The lowest BCUT2D eigenvalue weighted by Gasteiger charge is -2.72. The van der Waals surface area contributed by atoms with E-state index < -0.39 is 0 Å². The number of rotatable bonds is 2. The molecule has 0 radical (unpaired) electrons. The van der Waals surface area contributed by atoms with Crippen molar-refractivity contribution in [2.75, 3.05) is 7.11 Å². The molecule has 2 N–H and O–H groups in total. The zero-order valence-electron chi connectivity index (χ0n) is 24.2. The average Bonchev–Trinajstić information content (AvgIpc) is 3.26. The molecule has 1 aromatic rings. The van der Waals surface area contributed by atoms with Gasteiger partial charge in [0.15, 0.2) is 0 Å². The third-order valence-electron chi connectivity index (χ3n) is 13.6. The number of nitrogens with two attached hydrogens (primary N) is 1. The summed E-state index contributed by atoms with van der Waals surface area (Å²) in [7, 11) is 1.45. The van der Waals surface area contributed by atoms with Gasteiger partial charge in [-0.25, -0.2) is 4.79 Å². The van der Waals surface area contributed by atoms with Crippen LogP contribution < -0.4 is 5.73 Å². The normalized spacial score (nSPS) is 46.1. The highest BCUT2D eigenvalue weighted by atomic mass is 16.5. The first-order valence-electron chi connectivity index (χ1n) is 15.1. The van der Waals surface area contributed by atoms with Gasteiger partial charge in [0.25, 0.3) is 0 Å². The predicted molar refractivity (Wildman–Crippen MR) is 151 cm³/mol. The highest BCUT2D eigenvalue weighted by molar-refractivity contribution is 5.89. The van der Waals surface area contributed by atoms with E-state index in [4.69, 9.17) is 10.5 Å². The van der Waals surface area contributed by atoms with Crippen molar-refractivity contribution in [3.05, 3.63) is 41.5 Å². The second-order valence-electron chi connectivity index (χ2n) is 15.0. The number of hydrogen-bond acceptors (Lipinski definition) is 3. The molecule has 0 bridgehead atoms. The van der Waals surface area contributed by atoms with Crippen molar-refractivity contribution in [1.29, 1.82) is 0 Å². The molecule has 3 nitrogen and oxygen atoms in total. The maximum absolute atomic E-state index is 12.0. The van der Waals surface area contributed by atoms with E-state index in [1.54, 1.807) is 0 Å². The van der Waals surface area contributed by atoms with Crippen LogP contribution in [0.1, 0.15) is 115 Å². The summed E-state index contributed by atoms with van der Waals surface area (Å²) >= 11 is 0. The van der Waals surface area contributed by atoms with Crippen molar-refractivity contribution in [3.63, 3.8) is 0 Å². The Morgan fingerprint density at radius 1 is 0.838 bits per heavy atom. The molecule has 0 heterocycles. The quantitative estimate of drug-likeness (QED) is 0.416. The van der Waals surface area contributed by atoms with E-state index in [1.165, 1.54) is 82.5 Å². The third kappa shape index (κ3) is 3.31. The van der Waals surface area contributed by atoms with Crippen molar-refractivity contribution in [1.82, 2.24) is 0 Å². The third-order valence-corrected chi connectivity index (χ3v) is 13.6. The molecule has 37 heavy (non-hydrogen) atoms. The SMILES string of the molecule is COC(=O)c1ccc(C2=CCC3(C)C(CCC4(C)C3CCC3C5CCCC5(N)CC[C@]34C)C2(C)C)cc1. The van der Waals surface area contributed by atoms with Crippen LogP contribution in [0.5, 0.6) is 0 Å². The molecule has 4 saturated carbocycles. The summed E-state index contributed by atoms with van der Waals surface area (Å²) in [4.78, 5) is 12.0. The molecule has 0 saturated heterocycles. The van der Waals surface area contributed by atoms with Gasteiger partial charge in [-0.05, 0) is 126 Å². The van der Waals surface area contributed by atoms with Crippen LogP contribution in [0.4, 0.5) is 0 Å². The predicted octanol–water partition coefficient (Wildman–Crippen LogP) is 8.03. The lowest BCUT2D eigenvalue weighted by molar-refractivity contribution is -0.215. The molecule has 0 amide bonds. The minimum Gasteiger partial charge on any atom is -0.465 e. The highest BCUT2D eigenvalue weighted by Gasteiger charge is 2.69. The number of fused-ring (bicyclic) bond motifs is 7. The summed E-state index contributed by atoms with van der Waals surface area (Å²) in [6, 6.07) is 8.11. The van der Waals surface area contributed by atoms with Crippen LogP contribution in [-0.2, 0) is 4.74 Å². The lowest BCUT2D eigenvalue weighted by Crippen LogP contribution is -2.66. The van der Waals surface area contributed by atoms with Gasteiger partial charge >= 0.3 is 5.97 Å². The molecular formula is C34H49NO2. The molecule has 6 rings (SSSR count). The molecule has 7 unspecified atom stereocenters. The summed E-state index contributed by atoms with van der Waals surface area (Å²) in [6.07, 6.45) is 15.7. The average molecular weight is 504 g/mol. The summed E-state index contributed by atoms with van der Waals surface area (Å²) in [6.45, 7) is 13.1. The fourth-order valence-electron chi connectivity index (χ4n) is 11.6. The fraction of sp³-hybridized carbons (Fsp3) is 0.735. The van der Waals surface area contributed by atoms with Crippen molar-refractivity contribution < 1.29 is 9.53 Å². The van der Waals surface area contributed by atoms with Crippen molar-refractivity contribution >= 4 is 11.5 Å². The first kappa shape index (κ1) is 25.7. The number of carbonyl (C=O) groups excluding carboxylic acids is 1. The number of ether oxygens (including phenoxy) is 1. The first-order valence-corrected chi connectivity index (χ1v) is 15.1. The molecule has 0 aliphatic heterocycles. The van der Waals surface area contributed by atoms with Gasteiger partial charge < -0.3 is 10.5 Å². The molecule has 3 heteroatoms. The number of allylic oxidation sites excluding steroid dienone is 2. The van der Waals surface area contributed by atoms with Crippen LogP contribution >= 0.6 is 0 Å². The van der Waals surface area contributed by atoms with E-state index in [1.807, 2.05) is 12.1 Å². The molecule has 4 fully saturated rings. The molecule has 1 aromatic carbocycles. The standard InChI is InChI=1S/C34H49NO2/c1-30(2)24(22-9-11-23(12-10-22)29(36)37-6)15-18-31(3)27(30)16-19-33(5)28(31)14-13-25-26-8-7-17-34(26,35)21-20-32(25,33)4/h9-12,15,25-28H,7-8,13-14,16-21,35H2,1-6H3/t25?,26?,27?,28?,31?,32-,33?,34?/m1/s1. The number of carbonyl (C=O) groups is 1. The number of benzene rings is 1. The Morgan fingerprint density at radius 3 is 2.27 bits per heavy atom. The lowest BCUT2D eigenvalue weighted by atomic mass is 9.33. The smallest absolute Gasteiger partial charge is 0.337 e. The summed E-state index contributed by atoms with van der Waals surface area (Å²) in [5, 5.41) is 0. The molecule has 5 aliphatic rings. The van der Waals surface area contributed by atoms with Gasteiger partial charge in [0, 0.05) is 5.54 Å². The number of esters is 1. The Labute approximate surface area is 225 Å². The highest BCUT2D eigenvalue weighted by Crippen LogP contribution is 2.75. The second-order valence-corrected chi connectivity index (χ2v) is 15.0. The fourth-order valence-corrected chi connectivity index (χ4v) is 11.6. The minimum absolute atomic E-state index is 0.100. The van der Waals surface area contributed by atoms with E-state index >= 15 is 0 Å². The summed E-state index contributed by atoms with van der Waals surface area (Å²) in [5.41, 5.74) is 11.8. The van der Waals surface area contributed by atoms with Crippen LogP contribution in [0.15, 0.2) is 30.3 Å². The minimum atomic E-state index is -0.265. The zero-order valence-corrected chi connectivity index (χ0v) is 24.2. The van der Waals surface area contributed by atoms with E-state index in [0.29, 0.717) is 27.7 Å². The molecule has 8 atom stereocenters. The molecule has 5 aliphatic carbocycles. The maximum Gasteiger partial charge on any atom is 0.337 e. The van der Waals surface area contributed by atoms with Gasteiger partial charge in [0.05, 0.1) is 12.7 Å². The molecule has 202 valence electrons. The number of hydrogen-bond donors (Lipinski definition) is 1. The van der Waals surface area contributed by atoms with E-state index in [9.17, 15) is 4.79 Å². The summed E-state index contributed by atoms with van der Waals surface area (Å²) < 4.78 is 4.92. The van der Waals surface area contributed by atoms with Gasteiger partial charge in [0.1, 0.15) is 0 Å². The number of methoxy groups -OCH3 is 1. The van der Waals surface area contributed by atoms with E-state index in [0.717, 1.165) is 17.8 Å². The monoisotopic (exact) mass is 503 g/mol.